The van der Waals surface area contributed by atoms with Crippen molar-refractivity contribution in [1.82, 2.24) is 0 Å². The van der Waals surface area contributed by atoms with Gasteiger partial charge in [0.15, 0.2) is 5.78 Å². The second-order valence-electron chi connectivity index (χ2n) is 8.02. The number of aryl methyl sites for hydroxylation is 1. The molecular weight excluding hydrogens is 356 g/mol. The predicted octanol–water partition coefficient (Wildman–Crippen LogP) is 7.64. The molecule has 0 saturated heterocycles. The van der Waals surface area contributed by atoms with E-state index in [2.05, 4.69) is 38.1 Å². The zero-order valence-electron chi connectivity index (χ0n) is 18.6. The molecule has 2 nitrogen and oxygen atoms in total. The fourth-order valence-corrected chi connectivity index (χ4v) is 3.52. The van der Waals surface area contributed by atoms with Crippen molar-refractivity contribution in [2.75, 3.05) is 6.61 Å². The third kappa shape index (κ3) is 8.14. The molecule has 0 aromatic heterocycles. The summed E-state index contributed by atoms with van der Waals surface area (Å²) in [6.45, 7) is 6.87. The monoisotopic (exact) mass is 394 g/mol. The third-order valence-corrected chi connectivity index (χ3v) is 5.51. The molecular formula is C27H38O2. The van der Waals surface area contributed by atoms with E-state index in [0.29, 0.717) is 6.61 Å². The van der Waals surface area contributed by atoms with Gasteiger partial charge in [-0.2, -0.15) is 0 Å². The van der Waals surface area contributed by atoms with E-state index in [1.165, 1.54) is 49.7 Å². The Morgan fingerprint density at radius 2 is 1.31 bits per heavy atom. The fourth-order valence-electron chi connectivity index (χ4n) is 3.52. The molecule has 0 bridgehead atoms. The van der Waals surface area contributed by atoms with Crippen LogP contribution in [0.15, 0.2) is 48.5 Å². The molecule has 2 rings (SSSR count). The Balaban J connectivity index is 1.85. The number of rotatable bonds is 14. The maximum absolute atomic E-state index is 12.5. The van der Waals surface area contributed by atoms with Crippen LogP contribution in [0.3, 0.4) is 0 Å². The number of unbranched alkanes of at least 4 members (excludes halogenated alkanes) is 6. The van der Waals surface area contributed by atoms with Crippen molar-refractivity contribution in [2.24, 2.45) is 0 Å². The highest BCUT2D eigenvalue weighted by molar-refractivity contribution is 5.99. The normalized spacial score (nSPS) is 12.1. The van der Waals surface area contributed by atoms with E-state index < -0.39 is 0 Å². The summed E-state index contributed by atoms with van der Waals surface area (Å²) in [6.07, 6.45) is 10.9. The molecule has 158 valence electrons. The van der Waals surface area contributed by atoms with Gasteiger partial charge in [-0.15, -0.1) is 0 Å². The van der Waals surface area contributed by atoms with Gasteiger partial charge in [0, 0.05) is 12.2 Å². The first-order valence-corrected chi connectivity index (χ1v) is 11.5. The maximum Gasteiger partial charge on any atom is 0.191 e. The van der Waals surface area contributed by atoms with Crippen molar-refractivity contribution in [3.63, 3.8) is 0 Å². The van der Waals surface area contributed by atoms with Crippen molar-refractivity contribution >= 4 is 5.78 Å². The first-order chi connectivity index (χ1) is 14.2. The van der Waals surface area contributed by atoms with Crippen LogP contribution >= 0.6 is 0 Å². The molecule has 0 aliphatic carbocycles. The van der Waals surface area contributed by atoms with Crippen LogP contribution in [0.2, 0.25) is 0 Å². The number of ether oxygens (including phenoxy) is 1. The zero-order chi connectivity index (χ0) is 20.9. The van der Waals surface area contributed by atoms with Gasteiger partial charge in [-0.1, -0.05) is 101 Å². The minimum atomic E-state index is -0.381. The number of carbonyl (C=O) groups is 1. The lowest BCUT2D eigenvalue weighted by atomic mass is 9.98. The van der Waals surface area contributed by atoms with Gasteiger partial charge in [0.1, 0.15) is 6.10 Å². The van der Waals surface area contributed by atoms with E-state index in [-0.39, 0.29) is 11.9 Å². The van der Waals surface area contributed by atoms with Crippen LogP contribution in [0, 0.1) is 0 Å². The molecule has 1 unspecified atom stereocenters. The van der Waals surface area contributed by atoms with Crippen LogP contribution in [0.25, 0.3) is 11.1 Å². The molecule has 1 atom stereocenters. The Kier molecular flexibility index (Phi) is 10.7. The van der Waals surface area contributed by atoms with Crippen LogP contribution in [0.4, 0.5) is 0 Å². The van der Waals surface area contributed by atoms with Crippen LogP contribution in [0.1, 0.15) is 88.1 Å². The van der Waals surface area contributed by atoms with E-state index in [1.54, 1.807) is 0 Å². The van der Waals surface area contributed by atoms with Gasteiger partial charge < -0.3 is 4.74 Å². The van der Waals surface area contributed by atoms with Crippen molar-refractivity contribution in [1.29, 1.82) is 0 Å². The molecule has 29 heavy (non-hydrogen) atoms. The second kappa shape index (κ2) is 13.3. The first-order valence-electron chi connectivity index (χ1n) is 11.5. The standard InChI is InChI=1S/C27H38O2/c1-4-6-8-9-10-11-12-23-13-15-24(16-14-23)25-17-19-26(20-18-25)27(28)22(3)29-21-7-5-2/h13-20,22H,4-12,21H2,1-3H3. The van der Waals surface area contributed by atoms with Gasteiger partial charge >= 0.3 is 0 Å². The number of ketones is 1. The largest absolute Gasteiger partial charge is 0.370 e. The van der Waals surface area contributed by atoms with Gasteiger partial charge in [-0.05, 0) is 42.9 Å². The molecule has 0 radical (unpaired) electrons. The van der Waals surface area contributed by atoms with Gasteiger partial charge in [0.05, 0.1) is 0 Å². The number of carbonyl (C=O) groups excluding carboxylic acids is 1. The third-order valence-electron chi connectivity index (χ3n) is 5.51. The van der Waals surface area contributed by atoms with Crippen molar-refractivity contribution < 1.29 is 9.53 Å². The van der Waals surface area contributed by atoms with Crippen molar-refractivity contribution in [3.05, 3.63) is 59.7 Å². The number of hydrogen-bond acceptors (Lipinski definition) is 2. The van der Waals surface area contributed by atoms with E-state index in [9.17, 15) is 4.79 Å². The molecule has 0 aliphatic rings. The summed E-state index contributed by atoms with van der Waals surface area (Å²) in [6, 6.07) is 16.8. The maximum atomic E-state index is 12.5. The topological polar surface area (TPSA) is 26.3 Å². The average Bonchev–Trinajstić information content (AvgIpc) is 2.76. The molecule has 2 aromatic rings. The Labute approximate surface area is 177 Å². The Hall–Kier alpha value is -1.93. The Morgan fingerprint density at radius 3 is 1.93 bits per heavy atom. The molecule has 0 N–H and O–H groups in total. The van der Waals surface area contributed by atoms with Crippen molar-refractivity contribution in [2.45, 2.75) is 84.7 Å². The number of Topliss-reactive ketones (excluding diaryl/α,β-unsaturated/α-hetero) is 1. The van der Waals surface area contributed by atoms with Crippen LogP contribution in [0.5, 0.6) is 0 Å². The van der Waals surface area contributed by atoms with Crippen molar-refractivity contribution in [3.8, 4) is 11.1 Å². The molecule has 2 heteroatoms. The molecule has 0 aliphatic heterocycles. The highest BCUT2D eigenvalue weighted by Crippen LogP contribution is 2.22. The molecule has 0 heterocycles. The SMILES string of the molecule is CCCCCCCCc1ccc(-c2ccc(C(=O)C(C)OCCCC)cc2)cc1. The summed E-state index contributed by atoms with van der Waals surface area (Å²) in [7, 11) is 0. The quantitative estimate of drug-likeness (QED) is 0.243. The molecule has 0 saturated carbocycles. The van der Waals surface area contributed by atoms with Gasteiger partial charge in [0.25, 0.3) is 0 Å². The summed E-state index contributed by atoms with van der Waals surface area (Å²) >= 11 is 0. The number of benzene rings is 2. The highest BCUT2D eigenvalue weighted by Gasteiger charge is 2.15. The molecule has 2 aromatic carbocycles. The summed E-state index contributed by atoms with van der Waals surface area (Å²) in [4.78, 5) is 12.5. The van der Waals surface area contributed by atoms with Gasteiger partial charge in [-0.25, -0.2) is 0 Å². The van der Waals surface area contributed by atoms with Gasteiger partial charge in [-0.3, -0.25) is 4.79 Å². The van der Waals surface area contributed by atoms with E-state index in [0.717, 1.165) is 30.4 Å². The van der Waals surface area contributed by atoms with Crippen LogP contribution in [-0.4, -0.2) is 18.5 Å². The van der Waals surface area contributed by atoms with Crippen LogP contribution in [-0.2, 0) is 11.2 Å². The van der Waals surface area contributed by atoms with E-state index in [1.807, 2.05) is 31.2 Å². The van der Waals surface area contributed by atoms with E-state index >= 15 is 0 Å². The minimum Gasteiger partial charge on any atom is -0.370 e. The average molecular weight is 395 g/mol. The van der Waals surface area contributed by atoms with Crippen LogP contribution < -0.4 is 0 Å². The summed E-state index contributed by atoms with van der Waals surface area (Å²) < 4.78 is 5.64. The van der Waals surface area contributed by atoms with E-state index in [4.69, 9.17) is 4.74 Å². The lowest BCUT2D eigenvalue weighted by Gasteiger charge is -2.12. The van der Waals surface area contributed by atoms with Gasteiger partial charge in [0.2, 0.25) is 0 Å². The summed E-state index contributed by atoms with van der Waals surface area (Å²) in [5.74, 6) is 0.0573. The highest BCUT2D eigenvalue weighted by atomic mass is 16.5. The fraction of sp³-hybridized carbons (Fsp3) is 0.519. The predicted molar refractivity (Wildman–Crippen MR) is 124 cm³/mol. The smallest absolute Gasteiger partial charge is 0.191 e. The minimum absolute atomic E-state index is 0.0573. The summed E-state index contributed by atoms with van der Waals surface area (Å²) in [5.41, 5.74) is 4.47. The molecule has 0 amide bonds. The molecule has 0 spiro atoms. The Morgan fingerprint density at radius 1 is 0.759 bits per heavy atom. The lowest BCUT2D eigenvalue weighted by molar-refractivity contribution is 0.0468. The molecule has 0 fully saturated rings. The first kappa shape index (κ1) is 23.3. The second-order valence-corrected chi connectivity index (χ2v) is 8.02. The lowest BCUT2D eigenvalue weighted by Crippen LogP contribution is -2.21. The zero-order valence-corrected chi connectivity index (χ0v) is 18.6. The summed E-state index contributed by atoms with van der Waals surface area (Å²) in [5, 5.41) is 0. The number of hydrogen-bond donors (Lipinski definition) is 0. The Bertz CT molecular complexity index is 700.